The normalized spacial score (nSPS) is 13.9. The Morgan fingerprint density at radius 1 is 1.06 bits per heavy atom. The Morgan fingerprint density at radius 3 is 2.19 bits per heavy atom. The molecule has 0 aliphatic rings. The Labute approximate surface area is 199 Å². The van der Waals surface area contributed by atoms with Crippen LogP contribution in [0.4, 0.5) is 0 Å². The van der Waals surface area contributed by atoms with E-state index in [1.54, 1.807) is 0 Å². The lowest BCUT2D eigenvalue weighted by Crippen LogP contribution is -2.26. The fourth-order valence-electron chi connectivity index (χ4n) is 4.13. The van der Waals surface area contributed by atoms with Gasteiger partial charge in [0.15, 0.2) is 15.8 Å². The first kappa shape index (κ1) is 26.9. The highest BCUT2D eigenvalue weighted by molar-refractivity contribution is 7.90. The third kappa shape index (κ3) is 6.36. The smallest absolute Gasteiger partial charge is 0.188 e. The molecule has 6 heteroatoms. The molecule has 0 fully saturated rings. The number of rotatable bonds is 10. The molecule has 0 aliphatic heterocycles. The molecule has 1 atom stereocenters. The average molecular weight is 481 g/mol. The SMILES string of the molecule is CCC(CC)(c1ccc(OCS(C)(=O)=O)c(C)c1)c1cc(C)c(CCC(O)C(C)(C)C)s1. The maximum Gasteiger partial charge on any atom is 0.188 e. The second kappa shape index (κ2) is 10.3. The van der Waals surface area contributed by atoms with E-state index in [4.69, 9.17) is 4.74 Å². The van der Waals surface area contributed by atoms with Crippen molar-refractivity contribution in [2.45, 2.75) is 85.7 Å². The van der Waals surface area contributed by atoms with Crippen LogP contribution in [0.5, 0.6) is 5.75 Å². The molecule has 1 unspecified atom stereocenters. The van der Waals surface area contributed by atoms with E-state index < -0.39 is 9.84 Å². The van der Waals surface area contributed by atoms with Gasteiger partial charge in [0.05, 0.1) is 6.10 Å². The van der Waals surface area contributed by atoms with Crippen LogP contribution >= 0.6 is 11.3 Å². The number of sulfone groups is 1. The minimum atomic E-state index is -3.19. The van der Waals surface area contributed by atoms with Gasteiger partial charge in [0.1, 0.15) is 5.75 Å². The number of thiophene rings is 1. The summed E-state index contributed by atoms with van der Waals surface area (Å²) >= 11 is 1.87. The number of hydrogen-bond acceptors (Lipinski definition) is 5. The fraction of sp³-hybridized carbons (Fsp3) is 0.615. The number of aliphatic hydroxyl groups is 1. The van der Waals surface area contributed by atoms with Crippen molar-refractivity contribution < 1.29 is 18.3 Å². The Morgan fingerprint density at radius 2 is 1.69 bits per heavy atom. The van der Waals surface area contributed by atoms with E-state index in [1.807, 2.05) is 24.3 Å². The lowest BCUT2D eigenvalue weighted by molar-refractivity contribution is 0.0561. The molecule has 0 bridgehead atoms. The third-order valence-corrected chi connectivity index (χ3v) is 8.55. The lowest BCUT2D eigenvalue weighted by Gasteiger charge is -2.32. The van der Waals surface area contributed by atoms with E-state index >= 15 is 0 Å². The minimum Gasteiger partial charge on any atom is -0.478 e. The highest BCUT2D eigenvalue weighted by Gasteiger charge is 2.33. The summed E-state index contributed by atoms with van der Waals surface area (Å²) in [5.74, 6) is 0.299. The zero-order valence-corrected chi connectivity index (χ0v) is 22.5. The van der Waals surface area contributed by atoms with Gasteiger partial charge in [-0.3, -0.25) is 0 Å². The van der Waals surface area contributed by atoms with Crippen LogP contribution in [0.2, 0.25) is 0 Å². The second-order valence-corrected chi connectivity index (χ2v) is 13.3. The van der Waals surface area contributed by atoms with Gasteiger partial charge in [-0.05, 0) is 73.8 Å². The van der Waals surface area contributed by atoms with Crippen molar-refractivity contribution in [1.29, 1.82) is 0 Å². The zero-order chi connectivity index (χ0) is 24.3. The van der Waals surface area contributed by atoms with Crippen LogP contribution in [0, 0.1) is 19.3 Å². The summed E-state index contributed by atoms with van der Waals surface area (Å²) in [5, 5.41) is 10.5. The lowest BCUT2D eigenvalue weighted by atomic mass is 9.74. The first-order chi connectivity index (χ1) is 14.7. The molecule has 0 amide bonds. The maximum atomic E-state index is 11.5. The number of ether oxygens (including phenoxy) is 1. The van der Waals surface area contributed by atoms with Crippen molar-refractivity contribution in [2.75, 3.05) is 12.2 Å². The summed E-state index contributed by atoms with van der Waals surface area (Å²) < 4.78 is 28.5. The number of aryl methyl sites for hydroxylation is 3. The van der Waals surface area contributed by atoms with Crippen LogP contribution in [0.15, 0.2) is 24.3 Å². The largest absolute Gasteiger partial charge is 0.478 e. The molecule has 0 saturated heterocycles. The Bertz CT molecular complexity index is 1010. The van der Waals surface area contributed by atoms with Crippen LogP contribution in [0.3, 0.4) is 0 Å². The van der Waals surface area contributed by atoms with Gasteiger partial charge in [0.2, 0.25) is 0 Å². The van der Waals surface area contributed by atoms with Crippen LogP contribution in [0.1, 0.15) is 80.3 Å². The average Bonchev–Trinajstić information content (AvgIpc) is 3.06. The fourth-order valence-corrected chi connectivity index (χ4v) is 6.02. The van der Waals surface area contributed by atoms with Gasteiger partial charge in [-0.15, -0.1) is 11.3 Å². The summed E-state index contributed by atoms with van der Waals surface area (Å²) in [6.07, 6.45) is 4.44. The van der Waals surface area contributed by atoms with Gasteiger partial charge in [-0.2, -0.15) is 0 Å². The Balaban J connectivity index is 2.35. The monoisotopic (exact) mass is 480 g/mol. The van der Waals surface area contributed by atoms with E-state index in [0.717, 1.165) is 31.2 Å². The number of hydrogen-bond donors (Lipinski definition) is 1. The maximum absolute atomic E-state index is 11.5. The number of aliphatic hydroxyl groups excluding tert-OH is 1. The van der Waals surface area contributed by atoms with Crippen LogP contribution in [0.25, 0.3) is 0 Å². The van der Waals surface area contributed by atoms with Gasteiger partial charge in [-0.25, -0.2) is 8.42 Å². The predicted octanol–water partition coefficient (Wildman–Crippen LogP) is 6.19. The summed E-state index contributed by atoms with van der Waals surface area (Å²) in [6, 6.07) is 8.44. The van der Waals surface area contributed by atoms with Crippen molar-refractivity contribution in [2.24, 2.45) is 5.41 Å². The number of benzene rings is 1. The molecule has 1 aromatic carbocycles. The van der Waals surface area contributed by atoms with Crippen molar-refractivity contribution in [1.82, 2.24) is 0 Å². The van der Waals surface area contributed by atoms with Crippen LogP contribution < -0.4 is 4.74 Å². The predicted molar refractivity (Wildman–Crippen MR) is 136 cm³/mol. The molecule has 1 N–H and O–H groups in total. The summed E-state index contributed by atoms with van der Waals surface area (Å²) in [4.78, 5) is 2.70. The van der Waals surface area contributed by atoms with Gasteiger partial charge in [0.25, 0.3) is 0 Å². The van der Waals surface area contributed by atoms with E-state index in [-0.39, 0.29) is 22.9 Å². The third-order valence-electron chi connectivity index (χ3n) is 6.50. The van der Waals surface area contributed by atoms with Gasteiger partial charge >= 0.3 is 0 Å². The van der Waals surface area contributed by atoms with E-state index in [1.165, 1.54) is 27.1 Å². The summed E-state index contributed by atoms with van der Waals surface area (Å²) in [5.41, 5.74) is 3.26. The molecule has 0 radical (unpaired) electrons. The van der Waals surface area contributed by atoms with E-state index in [0.29, 0.717) is 5.75 Å². The molecule has 0 saturated carbocycles. The second-order valence-electron chi connectivity index (χ2n) is 10.1. The molecule has 0 aliphatic carbocycles. The van der Waals surface area contributed by atoms with E-state index in [9.17, 15) is 13.5 Å². The highest BCUT2D eigenvalue weighted by Crippen LogP contribution is 2.44. The van der Waals surface area contributed by atoms with Crippen molar-refractivity contribution in [3.63, 3.8) is 0 Å². The molecule has 2 rings (SSSR count). The molecular weight excluding hydrogens is 440 g/mol. The summed E-state index contributed by atoms with van der Waals surface area (Å²) in [7, 11) is -3.19. The molecule has 1 heterocycles. The quantitative estimate of drug-likeness (QED) is 0.440. The standard InChI is InChI=1S/C26H40O4S2/c1-9-26(10-2,20-11-12-21(18(3)15-20)30-17-32(8,28)29)24-16-19(4)22(31-24)13-14-23(27)25(5,6)7/h11-12,15-16,23,27H,9-10,13-14,17H2,1-8H3. The first-order valence-electron chi connectivity index (χ1n) is 11.4. The van der Waals surface area contributed by atoms with Gasteiger partial charge in [0, 0.05) is 21.4 Å². The molecule has 1 aromatic heterocycles. The van der Waals surface area contributed by atoms with Crippen LogP contribution in [-0.4, -0.2) is 31.8 Å². The Hall–Kier alpha value is -1.37. The van der Waals surface area contributed by atoms with Crippen LogP contribution in [-0.2, 0) is 21.7 Å². The molecular formula is C26H40O4S2. The van der Waals surface area contributed by atoms with Crippen molar-refractivity contribution >= 4 is 21.2 Å². The molecule has 0 spiro atoms. The van der Waals surface area contributed by atoms with Crippen molar-refractivity contribution in [3.05, 3.63) is 50.7 Å². The first-order valence-corrected chi connectivity index (χ1v) is 14.3. The van der Waals surface area contributed by atoms with Gasteiger partial charge in [-0.1, -0.05) is 46.8 Å². The summed E-state index contributed by atoms with van der Waals surface area (Å²) in [6.45, 7) is 14.8. The Kier molecular flexibility index (Phi) is 8.63. The van der Waals surface area contributed by atoms with Crippen molar-refractivity contribution in [3.8, 4) is 5.75 Å². The molecule has 180 valence electrons. The van der Waals surface area contributed by atoms with Gasteiger partial charge < -0.3 is 9.84 Å². The molecule has 32 heavy (non-hydrogen) atoms. The molecule has 2 aromatic rings. The highest BCUT2D eigenvalue weighted by atomic mass is 32.2. The minimum absolute atomic E-state index is 0.101. The zero-order valence-electron chi connectivity index (χ0n) is 20.9. The molecule has 4 nitrogen and oxygen atoms in total. The topological polar surface area (TPSA) is 63.6 Å². The van der Waals surface area contributed by atoms with E-state index in [2.05, 4.69) is 59.7 Å².